The molecule has 0 spiro atoms. The Kier molecular flexibility index (Phi) is 5.19. The van der Waals surface area contributed by atoms with Gasteiger partial charge >= 0.3 is 5.97 Å². The molecule has 1 unspecified atom stereocenters. The molecule has 0 aromatic carbocycles. The highest BCUT2D eigenvalue weighted by Crippen LogP contribution is 2.33. The van der Waals surface area contributed by atoms with Crippen molar-refractivity contribution in [3.63, 3.8) is 0 Å². The number of hydrogen-bond acceptors (Lipinski definition) is 5. The minimum absolute atomic E-state index is 0.220. The second-order valence-electron chi connectivity index (χ2n) is 5.68. The van der Waals surface area contributed by atoms with Gasteiger partial charge in [0.1, 0.15) is 4.88 Å². The number of carbonyl (C=O) groups excluding carboxylic acids is 2. The van der Waals surface area contributed by atoms with Gasteiger partial charge in [0, 0.05) is 4.88 Å². The fourth-order valence-electron chi connectivity index (χ4n) is 2.79. The lowest BCUT2D eigenvalue weighted by Gasteiger charge is -2.19. The molecule has 0 radical (unpaired) electrons. The number of aryl methyl sites for hydroxylation is 1. The highest BCUT2D eigenvalue weighted by molar-refractivity contribution is 7.18. The third-order valence-electron chi connectivity index (χ3n) is 4.15. The summed E-state index contributed by atoms with van der Waals surface area (Å²) in [5.74, 6) is 0.0854. The Morgan fingerprint density at radius 3 is 2.83 bits per heavy atom. The molecule has 1 aliphatic carbocycles. The van der Waals surface area contributed by atoms with Crippen LogP contribution >= 0.6 is 34.3 Å². The van der Waals surface area contributed by atoms with Gasteiger partial charge in [0.25, 0.3) is 0 Å². The number of Topliss-reactive ketones (excluding diaryl/α,β-unsaturated/α-hetero) is 1. The Bertz CT molecular complexity index is 732. The van der Waals surface area contributed by atoms with Gasteiger partial charge in [-0.2, -0.15) is 0 Å². The molecular weight excluding hydrogens is 352 g/mol. The van der Waals surface area contributed by atoms with Gasteiger partial charge in [-0.05, 0) is 48.9 Å². The van der Waals surface area contributed by atoms with Crippen LogP contribution in [0.2, 0.25) is 4.34 Å². The summed E-state index contributed by atoms with van der Waals surface area (Å²) in [6.45, 7) is 1.97. The van der Waals surface area contributed by atoms with Gasteiger partial charge in [-0.1, -0.05) is 24.9 Å². The van der Waals surface area contributed by atoms with Gasteiger partial charge in [0.05, 0.1) is 9.21 Å². The van der Waals surface area contributed by atoms with Crippen molar-refractivity contribution in [2.45, 2.75) is 32.6 Å². The first kappa shape index (κ1) is 16.7. The van der Waals surface area contributed by atoms with E-state index in [0.29, 0.717) is 20.0 Å². The molecule has 0 N–H and O–H groups in total. The van der Waals surface area contributed by atoms with Crippen LogP contribution in [0.15, 0.2) is 18.2 Å². The third kappa shape index (κ3) is 3.84. The Morgan fingerprint density at radius 1 is 1.30 bits per heavy atom. The van der Waals surface area contributed by atoms with Crippen LogP contribution in [-0.4, -0.2) is 18.4 Å². The number of thiophene rings is 2. The first-order valence-corrected chi connectivity index (χ1v) is 9.65. The molecule has 2 aromatic heterocycles. The number of esters is 1. The summed E-state index contributed by atoms with van der Waals surface area (Å²) in [6.07, 6.45) is 4.45. The van der Waals surface area contributed by atoms with Crippen molar-refractivity contribution in [1.82, 2.24) is 0 Å². The van der Waals surface area contributed by atoms with E-state index >= 15 is 0 Å². The molecule has 0 aliphatic heterocycles. The maximum Gasteiger partial charge on any atom is 0.348 e. The molecule has 3 nitrogen and oxygen atoms in total. The van der Waals surface area contributed by atoms with E-state index in [-0.39, 0.29) is 12.4 Å². The topological polar surface area (TPSA) is 43.4 Å². The first-order valence-electron chi connectivity index (χ1n) is 7.64. The van der Waals surface area contributed by atoms with Crippen LogP contribution in [0.3, 0.4) is 0 Å². The van der Waals surface area contributed by atoms with E-state index in [1.165, 1.54) is 46.0 Å². The molecule has 0 bridgehead atoms. The molecule has 3 rings (SSSR count). The fourth-order valence-corrected chi connectivity index (χ4v) is 4.86. The van der Waals surface area contributed by atoms with E-state index in [1.807, 2.05) is 6.07 Å². The average molecular weight is 369 g/mol. The zero-order valence-electron chi connectivity index (χ0n) is 12.8. The number of hydrogen-bond donors (Lipinski definition) is 0. The fraction of sp³-hybridized carbons (Fsp3) is 0.412. The van der Waals surface area contributed by atoms with Crippen molar-refractivity contribution in [2.24, 2.45) is 5.92 Å². The molecule has 2 aromatic rings. The summed E-state index contributed by atoms with van der Waals surface area (Å²) >= 11 is 8.50. The Labute approximate surface area is 148 Å². The highest BCUT2D eigenvalue weighted by atomic mass is 35.5. The molecule has 1 aliphatic rings. The van der Waals surface area contributed by atoms with Gasteiger partial charge in [-0.15, -0.1) is 22.7 Å². The van der Waals surface area contributed by atoms with E-state index in [1.54, 1.807) is 12.1 Å². The zero-order chi connectivity index (χ0) is 16.4. The number of ether oxygens (including phenoxy) is 1. The van der Waals surface area contributed by atoms with E-state index in [9.17, 15) is 9.59 Å². The predicted octanol–water partition coefficient (Wildman–Crippen LogP) is 5.02. The van der Waals surface area contributed by atoms with Crippen molar-refractivity contribution < 1.29 is 14.3 Å². The molecular formula is C17H17ClO3S2. The third-order valence-corrected chi connectivity index (χ3v) is 6.64. The summed E-state index contributed by atoms with van der Waals surface area (Å²) < 4.78 is 5.72. The molecule has 0 saturated heterocycles. The second-order valence-corrected chi connectivity index (χ2v) is 8.53. The van der Waals surface area contributed by atoms with E-state index in [4.69, 9.17) is 16.3 Å². The smallest absolute Gasteiger partial charge is 0.348 e. The standard InChI is InChI=1S/C17H17ClO3S2/c1-2-10-3-4-13-11(7-10)8-15(22-13)17(20)21-9-12(19)14-5-6-16(18)23-14/h5-6,8,10H,2-4,7,9H2,1H3. The van der Waals surface area contributed by atoms with Crippen LogP contribution in [-0.2, 0) is 17.6 Å². The van der Waals surface area contributed by atoms with Crippen LogP contribution in [0.1, 0.15) is 49.5 Å². The van der Waals surface area contributed by atoms with Crippen molar-refractivity contribution in [1.29, 1.82) is 0 Å². The molecule has 6 heteroatoms. The van der Waals surface area contributed by atoms with Crippen LogP contribution < -0.4 is 0 Å². The SMILES string of the molecule is CCC1CCc2sc(C(=O)OCC(=O)c3ccc(Cl)s3)cc2C1. The number of fused-ring (bicyclic) bond motifs is 1. The van der Waals surface area contributed by atoms with Crippen molar-refractivity contribution in [3.05, 3.63) is 42.7 Å². The molecule has 2 heterocycles. The molecule has 23 heavy (non-hydrogen) atoms. The van der Waals surface area contributed by atoms with Crippen LogP contribution in [0.25, 0.3) is 0 Å². The zero-order valence-corrected chi connectivity index (χ0v) is 15.2. The van der Waals surface area contributed by atoms with E-state index in [0.717, 1.165) is 12.8 Å². The highest BCUT2D eigenvalue weighted by Gasteiger charge is 2.23. The summed E-state index contributed by atoms with van der Waals surface area (Å²) in [4.78, 5) is 26.5. The monoisotopic (exact) mass is 368 g/mol. The second kappa shape index (κ2) is 7.16. The van der Waals surface area contributed by atoms with Gasteiger partial charge in [-0.3, -0.25) is 4.79 Å². The van der Waals surface area contributed by atoms with Gasteiger partial charge < -0.3 is 4.74 Å². The van der Waals surface area contributed by atoms with Crippen molar-refractivity contribution >= 4 is 46.0 Å². The van der Waals surface area contributed by atoms with E-state index in [2.05, 4.69) is 6.92 Å². The summed E-state index contributed by atoms with van der Waals surface area (Å²) in [5.41, 5.74) is 1.27. The number of carbonyl (C=O) groups is 2. The van der Waals surface area contributed by atoms with Gasteiger partial charge in [-0.25, -0.2) is 4.79 Å². The molecule has 0 saturated carbocycles. The lowest BCUT2D eigenvalue weighted by molar-refractivity contribution is 0.0480. The van der Waals surface area contributed by atoms with Crippen molar-refractivity contribution in [3.8, 4) is 0 Å². The van der Waals surface area contributed by atoms with E-state index < -0.39 is 5.97 Å². The summed E-state index contributed by atoms with van der Waals surface area (Å²) in [7, 11) is 0. The maximum atomic E-state index is 12.2. The minimum Gasteiger partial charge on any atom is -0.453 e. The largest absolute Gasteiger partial charge is 0.453 e. The van der Waals surface area contributed by atoms with Crippen molar-refractivity contribution in [2.75, 3.05) is 6.61 Å². The molecule has 122 valence electrons. The van der Waals surface area contributed by atoms with Gasteiger partial charge in [0.15, 0.2) is 6.61 Å². The number of halogens is 1. The lowest BCUT2D eigenvalue weighted by atomic mass is 9.87. The Morgan fingerprint density at radius 2 is 2.13 bits per heavy atom. The summed E-state index contributed by atoms with van der Waals surface area (Å²) in [6, 6.07) is 5.26. The van der Waals surface area contributed by atoms with Gasteiger partial charge in [0.2, 0.25) is 5.78 Å². The minimum atomic E-state index is -0.409. The molecule has 0 amide bonds. The number of rotatable bonds is 5. The molecule has 1 atom stereocenters. The average Bonchev–Trinajstić information content (AvgIpc) is 3.17. The van der Waals surface area contributed by atoms with Crippen LogP contribution in [0.4, 0.5) is 0 Å². The maximum absolute atomic E-state index is 12.2. The van der Waals surface area contributed by atoms with Crippen LogP contribution in [0, 0.1) is 5.92 Å². The first-order chi connectivity index (χ1) is 11.1. The number of ketones is 1. The van der Waals surface area contributed by atoms with Crippen LogP contribution in [0.5, 0.6) is 0 Å². The Hall–Kier alpha value is -1.17. The Balaban J connectivity index is 1.61. The summed E-state index contributed by atoms with van der Waals surface area (Å²) in [5, 5.41) is 0. The lowest BCUT2D eigenvalue weighted by Crippen LogP contribution is -2.12. The normalized spacial score (nSPS) is 16.9. The molecule has 0 fully saturated rings. The quantitative estimate of drug-likeness (QED) is 0.550. The predicted molar refractivity (Wildman–Crippen MR) is 94.1 cm³/mol.